The van der Waals surface area contributed by atoms with Crippen LogP contribution in [0.4, 0.5) is 0 Å². The summed E-state index contributed by atoms with van der Waals surface area (Å²) in [5.74, 6) is 0.908. The minimum Gasteiger partial charge on any atom is -0.487 e. The second-order valence-corrected chi connectivity index (χ2v) is 6.16. The minimum absolute atomic E-state index is 0.0377. The van der Waals surface area contributed by atoms with Gasteiger partial charge in [0.2, 0.25) is 0 Å². The molecule has 3 rings (SSSR count). The number of benzene rings is 1. The topological polar surface area (TPSA) is 44.5 Å². The van der Waals surface area contributed by atoms with Gasteiger partial charge in [-0.3, -0.25) is 0 Å². The van der Waals surface area contributed by atoms with Crippen LogP contribution in [0.1, 0.15) is 37.8 Å². The van der Waals surface area contributed by atoms with Crippen molar-refractivity contribution in [2.45, 2.75) is 50.5 Å². The first kappa shape index (κ1) is 12.5. The van der Waals surface area contributed by atoms with Crippen LogP contribution in [-0.4, -0.2) is 18.3 Å². The Morgan fingerprint density at radius 3 is 2.83 bits per heavy atom. The zero-order valence-corrected chi connectivity index (χ0v) is 12.0. The van der Waals surface area contributed by atoms with Gasteiger partial charge in [-0.15, -0.1) is 0 Å². The Morgan fingerprint density at radius 1 is 1.28 bits per heavy atom. The van der Waals surface area contributed by atoms with Gasteiger partial charge in [0.05, 0.1) is 12.2 Å². The molecule has 0 bridgehead atoms. The minimum atomic E-state index is 0.0377. The fraction of sp³-hybridized carbons (Fsp3) is 0.571. The Kier molecular flexibility index (Phi) is 3.34. The Hall–Kier alpha value is -0.580. The Morgan fingerprint density at radius 2 is 2.11 bits per heavy atom. The van der Waals surface area contributed by atoms with Crippen LogP contribution >= 0.6 is 15.9 Å². The van der Waals surface area contributed by atoms with Crippen molar-refractivity contribution in [1.82, 2.24) is 0 Å². The molecule has 3 nitrogen and oxygen atoms in total. The molecule has 3 unspecified atom stereocenters. The molecule has 2 aliphatic heterocycles. The van der Waals surface area contributed by atoms with E-state index in [0.717, 1.165) is 35.0 Å². The van der Waals surface area contributed by atoms with Gasteiger partial charge in [0.15, 0.2) is 0 Å². The van der Waals surface area contributed by atoms with Crippen molar-refractivity contribution < 1.29 is 9.47 Å². The van der Waals surface area contributed by atoms with E-state index < -0.39 is 0 Å². The summed E-state index contributed by atoms with van der Waals surface area (Å²) in [7, 11) is 0. The van der Waals surface area contributed by atoms with E-state index in [1.807, 2.05) is 18.2 Å². The van der Waals surface area contributed by atoms with Crippen molar-refractivity contribution >= 4 is 15.9 Å². The molecule has 0 spiro atoms. The molecular formula is C14H18BrNO2. The molecule has 1 saturated heterocycles. The van der Waals surface area contributed by atoms with Crippen LogP contribution in [0.25, 0.3) is 0 Å². The van der Waals surface area contributed by atoms with Gasteiger partial charge in [-0.05, 0) is 38.0 Å². The molecule has 1 aromatic carbocycles. The Labute approximate surface area is 116 Å². The smallest absolute Gasteiger partial charge is 0.127 e. The van der Waals surface area contributed by atoms with Crippen LogP contribution in [0.15, 0.2) is 22.7 Å². The number of nitrogens with two attached hydrogens (primary N) is 1. The highest BCUT2D eigenvalue weighted by molar-refractivity contribution is 9.10. The van der Waals surface area contributed by atoms with E-state index in [1.54, 1.807) is 0 Å². The van der Waals surface area contributed by atoms with E-state index in [0.29, 0.717) is 6.10 Å². The lowest BCUT2D eigenvalue weighted by molar-refractivity contribution is -0.0281. The van der Waals surface area contributed by atoms with Crippen molar-refractivity contribution in [3.63, 3.8) is 0 Å². The average Bonchev–Trinajstić information content (AvgIpc) is 2.77. The highest BCUT2D eigenvalue weighted by atomic mass is 79.9. The highest BCUT2D eigenvalue weighted by Crippen LogP contribution is 2.38. The lowest BCUT2D eigenvalue weighted by Crippen LogP contribution is -2.38. The summed E-state index contributed by atoms with van der Waals surface area (Å²) < 4.78 is 13.0. The van der Waals surface area contributed by atoms with Crippen molar-refractivity contribution in [2.24, 2.45) is 5.73 Å². The molecule has 0 radical (unpaired) electrons. The van der Waals surface area contributed by atoms with Crippen molar-refractivity contribution in [3.05, 3.63) is 28.2 Å². The first-order valence-corrected chi connectivity index (χ1v) is 7.30. The predicted molar refractivity (Wildman–Crippen MR) is 73.7 cm³/mol. The van der Waals surface area contributed by atoms with Crippen LogP contribution in [0.5, 0.6) is 5.75 Å². The summed E-state index contributed by atoms with van der Waals surface area (Å²) in [4.78, 5) is 0. The molecule has 1 fully saturated rings. The first-order chi connectivity index (χ1) is 8.63. The van der Waals surface area contributed by atoms with Gasteiger partial charge in [-0.2, -0.15) is 0 Å². The van der Waals surface area contributed by atoms with Gasteiger partial charge in [0.1, 0.15) is 11.9 Å². The molecule has 1 aromatic rings. The number of ether oxygens (including phenoxy) is 2. The van der Waals surface area contributed by atoms with Crippen LogP contribution < -0.4 is 10.5 Å². The molecule has 2 N–H and O–H groups in total. The highest BCUT2D eigenvalue weighted by Gasteiger charge is 2.36. The van der Waals surface area contributed by atoms with Gasteiger partial charge in [0, 0.05) is 22.5 Å². The predicted octanol–water partition coefficient (Wildman–Crippen LogP) is 3.17. The summed E-state index contributed by atoms with van der Waals surface area (Å²) in [6.45, 7) is 2.12. The molecule has 2 aliphatic rings. The quantitative estimate of drug-likeness (QED) is 0.866. The van der Waals surface area contributed by atoms with E-state index in [9.17, 15) is 0 Å². The monoisotopic (exact) mass is 311 g/mol. The zero-order valence-electron chi connectivity index (χ0n) is 10.4. The summed E-state index contributed by atoms with van der Waals surface area (Å²) >= 11 is 3.47. The van der Waals surface area contributed by atoms with Crippen LogP contribution in [0, 0.1) is 0 Å². The van der Waals surface area contributed by atoms with E-state index in [4.69, 9.17) is 15.2 Å². The summed E-state index contributed by atoms with van der Waals surface area (Å²) in [6, 6.07) is 6.07. The molecule has 98 valence electrons. The van der Waals surface area contributed by atoms with Crippen molar-refractivity contribution in [3.8, 4) is 5.75 Å². The van der Waals surface area contributed by atoms with Crippen molar-refractivity contribution in [2.75, 3.05) is 0 Å². The van der Waals surface area contributed by atoms with E-state index >= 15 is 0 Å². The second kappa shape index (κ2) is 4.83. The van der Waals surface area contributed by atoms with Crippen LogP contribution in [-0.2, 0) is 4.74 Å². The van der Waals surface area contributed by atoms with Gasteiger partial charge < -0.3 is 15.2 Å². The number of hydrogen-bond donors (Lipinski definition) is 1. The summed E-state index contributed by atoms with van der Waals surface area (Å²) in [5.41, 5.74) is 7.34. The lowest BCUT2D eigenvalue weighted by atomic mass is 9.94. The Bertz CT molecular complexity index is 451. The second-order valence-electron chi connectivity index (χ2n) is 5.24. The van der Waals surface area contributed by atoms with E-state index in [1.165, 1.54) is 0 Å². The fourth-order valence-electron chi connectivity index (χ4n) is 2.84. The molecule has 0 amide bonds. The SMILES string of the molecule is CC1CCC(C2C[C@H](N)c3cc(Br)ccc3O2)O1. The third-order valence-corrected chi connectivity index (χ3v) is 4.31. The fourth-order valence-corrected chi connectivity index (χ4v) is 3.22. The maximum Gasteiger partial charge on any atom is 0.127 e. The third kappa shape index (κ3) is 2.29. The maximum atomic E-state index is 6.25. The van der Waals surface area contributed by atoms with E-state index in [2.05, 4.69) is 22.9 Å². The third-order valence-electron chi connectivity index (χ3n) is 3.82. The number of hydrogen-bond acceptors (Lipinski definition) is 3. The number of halogens is 1. The molecule has 0 aliphatic carbocycles. The summed E-state index contributed by atoms with van der Waals surface area (Å²) in [5, 5.41) is 0. The Balaban J connectivity index is 1.81. The molecule has 18 heavy (non-hydrogen) atoms. The van der Waals surface area contributed by atoms with Gasteiger partial charge in [0.25, 0.3) is 0 Å². The molecule has 0 aromatic heterocycles. The van der Waals surface area contributed by atoms with Gasteiger partial charge >= 0.3 is 0 Å². The molecule has 4 heteroatoms. The van der Waals surface area contributed by atoms with Gasteiger partial charge in [-0.25, -0.2) is 0 Å². The molecular weight excluding hydrogens is 294 g/mol. The molecule has 4 atom stereocenters. The zero-order chi connectivity index (χ0) is 12.7. The van der Waals surface area contributed by atoms with Crippen LogP contribution in [0.2, 0.25) is 0 Å². The summed E-state index contributed by atoms with van der Waals surface area (Å²) in [6.07, 6.45) is 3.67. The van der Waals surface area contributed by atoms with Crippen molar-refractivity contribution in [1.29, 1.82) is 0 Å². The average molecular weight is 312 g/mol. The maximum absolute atomic E-state index is 6.25. The molecule has 0 saturated carbocycles. The lowest BCUT2D eigenvalue weighted by Gasteiger charge is -2.33. The normalized spacial score (nSPS) is 35.1. The molecule has 2 heterocycles. The first-order valence-electron chi connectivity index (χ1n) is 6.50. The largest absolute Gasteiger partial charge is 0.487 e. The standard InChI is InChI=1S/C14H18BrNO2/c1-8-2-4-13(17-8)14-7-11(16)10-6-9(15)3-5-12(10)18-14/h3,5-6,8,11,13-14H,2,4,7,16H2,1H3/t8?,11-,13?,14?/m0/s1. The van der Waals surface area contributed by atoms with E-state index in [-0.39, 0.29) is 18.2 Å². The van der Waals surface area contributed by atoms with Crippen LogP contribution in [0.3, 0.4) is 0 Å². The number of fused-ring (bicyclic) bond motifs is 1. The number of rotatable bonds is 1. The van der Waals surface area contributed by atoms with Gasteiger partial charge in [-0.1, -0.05) is 15.9 Å².